The van der Waals surface area contributed by atoms with Gasteiger partial charge in [-0.1, -0.05) is 12.1 Å². The van der Waals surface area contributed by atoms with Crippen LogP contribution in [0.25, 0.3) is 11.1 Å². The summed E-state index contributed by atoms with van der Waals surface area (Å²) in [6.45, 7) is 5.91. The SMILES string of the molecule is Cc1cc(-c2ccc(C)c(C#N)c2)cc(C)n1. The fourth-order valence-corrected chi connectivity index (χ4v) is 1.92. The number of pyridine rings is 1. The summed E-state index contributed by atoms with van der Waals surface area (Å²) < 4.78 is 0. The molecule has 0 amide bonds. The van der Waals surface area contributed by atoms with Crippen molar-refractivity contribution in [2.45, 2.75) is 20.8 Å². The van der Waals surface area contributed by atoms with E-state index in [1.807, 2.05) is 51.1 Å². The van der Waals surface area contributed by atoms with Crippen molar-refractivity contribution in [3.8, 4) is 17.2 Å². The van der Waals surface area contributed by atoms with Gasteiger partial charge in [0.15, 0.2) is 0 Å². The number of rotatable bonds is 1. The van der Waals surface area contributed by atoms with Crippen LogP contribution in [0.15, 0.2) is 30.3 Å². The van der Waals surface area contributed by atoms with Gasteiger partial charge in [-0.2, -0.15) is 5.26 Å². The second-order valence-corrected chi connectivity index (χ2v) is 4.28. The maximum Gasteiger partial charge on any atom is 0.0994 e. The highest BCUT2D eigenvalue weighted by Crippen LogP contribution is 2.23. The van der Waals surface area contributed by atoms with E-state index in [1.54, 1.807) is 0 Å². The smallest absolute Gasteiger partial charge is 0.0994 e. The van der Waals surface area contributed by atoms with Crippen molar-refractivity contribution in [1.82, 2.24) is 4.98 Å². The van der Waals surface area contributed by atoms with Crippen LogP contribution >= 0.6 is 0 Å². The molecule has 2 aromatic rings. The number of aryl methyl sites for hydroxylation is 3. The third-order valence-electron chi connectivity index (χ3n) is 2.77. The Balaban J connectivity index is 2.57. The molecule has 0 saturated heterocycles. The molecule has 2 heteroatoms. The first-order chi connectivity index (χ1) is 8.10. The Labute approximate surface area is 102 Å². The van der Waals surface area contributed by atoms with Crippen LogP contribution in [-0.4, -0.2) is 4.98 Å². The minimum absolute atomic E-state index is 0.731. The van der Waals surface area contributed by atoms with E-state index in [9.17, 15) is 0 Å². The van der Waals surface area contributed by atoms with E-state index < -0.39 is 0 Å². The van der Waals surface area contributed by atoms with Gasteiger partial charge in [-0.3, -0.25) is 4.98 Å². The summed E-state index contributed by atoms with van der Waals surface area (Å²) in [6.07, 6.45) is 0. The molecule has 0 spiro atoms. The van der Waals surface area contributed by atoms with Gasteiger partial charge in [0.2, 0.25) is 0 Å². The summed E-state index contributed by atoms with van der Waals surface area (Å²) in [6, 6.07) is 12.3. The number of nitrogens with zero attached hydrogens (tertiary/aromatic N) is 2. The highest BCUT2D eigenvalue weighted by atomic mass is 14.7. The average molecular weight is 222 g/mol. The summed E-state index contributed by atoms with van der Waals surface area (Å²) in [7, 11) is 0. The molecule has 0 radical (unpaired) electrons. The van der Waals surface area contributed by atoms with E-state index in [2.05, 4.69) is 11.1 Å². The fraction of sp³-hybridized carbons (Fsp3) is 0.200. The first-order valence-corrected chi connectivity index (χ1v) is 5.56. The molecule has 0 atom stereocenters. The zero-order valence-electron chi connectivity index (χ0n) is 10.3. The first kappa shape index (κ1) is 11.3. The lowest BCUT2D eigenvalue weighted by molar-refractivity contribution is 1.12. The minimum atomic E-state index is 0.731. The summed E-state index contributed by atoms with van der Waals surface area (Å²) in [5.41, 5.74) is 5.93. The van der Waals surface area contributed by atoms with Crippen molar-refractivity contribution in [2.75, 3.05) is 0 Å². The van der Waals surface area contributed by atoms with E-state index in [-0.39, 0.29) is 0 Å². The lowest BCUT2D eigenvalue weighted by Gasteiger charge is -2.06. The molecular weight excluding hydrogens is 208 g/mol. The molecule has 0 aliphatic rings. The van der Waals surface area contributed by atoms with Gasteiger partial charge in [-0.15, -0.1) is 0 Å². The van der Waals surface area contributed by atoms with Crippen LogP contribution in [0.5, 0.6) is 0 Å². The topological polar surface area (TPSA) is 36.7 Å². The highest BCUT2D eigenvalue weighted by molar-refractivity contribution is 5.66. The molecule has 2 nitrogen and oxygen atoms in total. The van der Waals surface area contributed by atoms with Crippen LogP contribution in [0.1, 0.15) is 22.5 Å². The second-order valence-electron chi connectivity index (χ2n) is 4.28. The number of aromatic nitrogens is 1. The molecule has 0 N–H and O–H groups in total. The van der Waals surface area contributed by atoms with Crippen molar-refractivity contribution in [3.05, 3.63) is 52.8 Å². The molecule has 0 aliphatic carbocycles. The Morgan fingerprint density at radius 1 is 0.941 bits per heavy atom. The number of nitriles is 1. The highest BCUT2D eigenvalue weighted by Gasteiger charge is 2.03. The molecule has 0 bridgehead atoms. The Morgan fingerprint density at radius 3 is 2.18 bits per heavy atom. The zero-order valence-corrected chi connectivity index (χ0v) is 10.3. The van der Waals surface area contributed by atoms with E-state index in [1.165, 1.54) is 0 Å². The van der Waals surface area contributed by atoms with Crippen LogP contribution in [0, 0.1) is 32.1 Å². The maximum atomic E-state index is 9.04. The van der Waals surface area contributed by atoms with E-state index in [0.29, 0.717) is 0 Å². The quantitative estimate of drug-likeness (QED) is 0.739. The van der Waals surface area contributed by atoms with E-state index in [4.69, 9.17) is 5.26 Å². The summed E-state index contributed by atoms with van der Waals surface area (Å²) in [4.78, 5) is 4.35. The predicted molar refractivity (Wildman–Crippen MR) is 68.6 cm³/mol. The van der Waals surface area contributed by atoms with Gasteiger partial charge in [0, 0.05) is 11.4 Å². The Hall–Kier alpha value is -2.14. The molecule has 17 heavy (non-hydrogen) atoms. The van der Waals surface area contributed by atoms with E-state index in [0.717, 1.165) is 33.6 Å². The Morgan fingerprint density at radius 2 is 1.59 bits per heavy atom. The van der Waals surface area contributed by atoms with Gasteiger partial charge in [0.05, 0.1) is 11.6 Å². The number of benzene rings is 1. The standard InChI is InChI=1S/C15H14N2/c1-10-4-5-13(8-15(10)9-16)14-6-11(2)17-12(3)7-14/h4-8H,1-3H3. The van der Waals surface area contributed by atoms with Gasteiger partial charge in [-0.25, -0.2) is 0 Å². The molecule has 0 unspecified atom stereocenters. The van der Waals surface area contributed by atoms with Crippen molar-refractivity contribution >= 4 is 0 Å². The molecule has 2 rings (SSSR count). The van der Waals surface area contributed by atoms with Gasteiger partial charge in [-0.05, 0) is 55.7 Å². The third-order valence-corrected chi connectivity index (χ3v) is 2.77. The largest absolute Gasteiger partial charge is 0.258 e. The fourth-order valence-electron chi connectivity index (χ4n) is 1.92. The number of hydrogen-bond acceptors (Lipinski definition) is 2. The van der Waals surface area contributed by atoms with Gasteiger partial charge >= 0.3 is 0 Å². The molecule has 1 aromatic carbocycles. The average Bonchev–Trinajstić information content (AvgIpc) is 2.28. The van der Waals surface area contributed by atoms with Gasteiger partial charge in [0.1, 0.15) is 0 Å². The maximum absolute atomic E-state index is 9.04. The molecule has 1 heterocycles. The Bertz CT molecular complexity index is 587. The number of hydrogen-bond donors (Lipinski definition) is 0. The lowest BCUT2D eigenvalue weighted by atomic mass is 10.00. The molecule has 0 aliphatic heterocycles. The van der Waals surface area contributed by atoms with Gasteiger partial charge in [0.25, 0.3) is 0 Å². The molecule has 0 fully saturated rings. The van der Waals surface area contributed by atoms with E-state index >= 15 is 0 Å². The van der Waals surface area contributed by atoms with Crippen LogP contribution < -0.4 is 0 Å². The zero-order chi connectivity index (χ0) is 12.4. The van der Waals surface area contributed by atoms with Crippen molar-refractivity contribution < 1.29 is 0 Å². The summed E-state index contributed by atoms with van der Waals surface area (Å²) >= 11 is 0. The molecular formula is C15H14N2. The second kappa shape index (κ2) is 4.39. The van der Waals surface area contributed by atoms with Crippen LogP contribution in [-0.2, 0) is 0 Å². The normalized spacial score (nSPS) is 10.0. The van der Waals surface area contributed by atoms with Crippen LogP contribution in [0.2, 0.25) is 0 Å². The molecule has 0 saturated carbocycles. The van der Waals surface area contributed by atoms with Crippen molar-refractivity contribution in [1.29, 1.82) is 5.26 Å². The van der Waals surface area contributed by atoms with Crippen LogP contribution in [0.3, 0.4) is 0 Å². The monoisotopic (exact) mass is 222 g/mol. The van der Waals surface area contributed by atoms with Crippen molar-refractivity contribution in [3.63, 3.8) is 0 Å². The first-order valence-electron chi connectivity index (χ1n) is 5.56. The molecule has 1 aromatic heterocycles. The lowest BCUT2D eigenvalue weighted by Crippen LogP contribution is -1.89. The predicted octanol–water partition coefficient (Wildman–Crippen LogP) is 3.55. The third kappa shape index (κ3) is 2.34. The van der Waals surface area contributed by atoms with Gasteiger partial charge < -0.3 is 0 Å². The Kier molecular flexibility index (Phi) is 2.93. The van der Waals surface area contributed by atoms with Crippen molar-refractivity contribution in [2.24, 2.45) is 0 Å². The summed E-state index contributed by atoms with van der Waals surface area (Å²) in [5.74, 6) is 0. The van der Waals surface area contributed by atoms with Crippen LogP contribution in [0.4, 0.5) is 0 Å². The minimum Gasteiger partial charge on any atom is -0.258 e. The summed E-state index contributed by atoms with van der Waals surface area (Å²) in [5, 5.41) is 9.04. The molecule has 84 valence electrons.